The highest BCUT2D eigenvalue weighted by atomic mass is 19.1. The number of hydrogen-bond acceptors (Lipinski definition) is 4. The molecule has 0 aliphatic carbocycles. The molecule has 1 aromatic carbocycles. The zero-order valence-electron chi connectivity index (χ0n) is 10.1. The Labute approximate surface area is 105 Å². The van der Waals surface area contributed by atoms with Gasteiger partial charge in [-0.05, 0) is 24.6 Å². The number of benzene rings is 1. The second kappa shape index (κ2) is 4.57. The van der Waals surface area contributed by atoms with Gasteiger partial charge in [0.1, 0.15) is 5.82 Å². The van der Waals surface area contributed by atoms with E-state index in [1.165, 1.54) is 12.1 Å². The first-order valence-electron chi connectivity index (χ1n) is 6.18. The Morgan fingerprint density at radius 3 is 3.06 bits per heavy atom. The Morgan fingerprint density at radius 2 is 2.33 bits per heavy atom. The SMILES string of the molecule is NC1=NCC(C2CCOC2)N1c1cccc(F)c1. The van der Waals surface area contributed by atoms with Gasteiger partial charge in [-0.2, -0.15) is 0 Å². The molecule has 5 heteroatoms. The quantitative estimate of drug-likeness (QED) is 0.861. The van der Waals surface area contributed by atoms with Crippen LogP contribution in [-0.4, -0.2) is 31.8 Å². The van der Waals surface area contributed by atoms with E-state index >= 15 is 0 Å². The fourth-order valence-electron chi connectivity index (χ4n) is 2.68. The summed E-state index contributed by atoms with van der Waals surface area (Å²) in [5.41, 5.74) is 6.70. The van der Waals surface area contributed by atoms with Crippen molar-refractivity contribution in [1.29, 1.82) is 0 Å². The fraction of sp³-hybridized carbons (Fsp3) is 0.462. The number of nitrogens with two attached hydrogens (primary N) is 1. The standard InChI is InChI=1S/C13H16FN3O/c14-10-2-1-3-11(6-10)17-12(7-16-13(17)15)9-4-5-18-8-9/h1-3,6,9,12H,4-5,7-8H2,(H2,15,16). The number of nitrogens with zero attached hydrogens (tertiary/aromatic N) is 2. The summed E-state index contributed by atoms with van der Waals surface area (Å²) in [5, 5.41) is 0. The highest BCUT2D eigenvalue weighted by Gasteiger charge is 2.35. The van der Waals surface area contributed by atoms with Crippen LogP contribution in [0.2, 0.25) is 0 Å². The molecule has 0 saturated carbocycles. The summed E-state index contributed by atoms with van der Waals surface area (Å²) in [6, 6.07) is 6.67. The summed E-state index contributed by atoms with van der Waals surface area (Å²) in [4.78, 5) is 6.22. The average molecular weight is 249 g/mol. The molecule has 2 heterocycles. The molecule has 96 valence electrons. The monoisotopic (exact) mass is 249 g/mol. The molecule has 2 aliphatic heterocycles. The molecule has 3 rings (SSSR count). The van der Waals surface area contributed by atoms with Crippen LogP contribution in [0.15, 0.2) is 29.3 Å². The van der Waals surface area contributed by atoms with E-state index in [0.29, 0.717) is 18.4 Å². The van der Waals surface area contributed by atoms with Crippen molar-refractivity contribution in [3.63, 3.8) is 0 Å². The van der Waals surface area contributed by atoms with E-state index in [-0.39, 0.29) is 11.9 Å². The Morgan fingerprint density at radius 1 is 1.44 bits per heavy atom. The second-order valence-electron chi connectivity index (χ2n) is 4.74. The molecule has 4 nitrogen and oxygen atoms in total. The molecule has 18 heavy (non-hydrogen) atoms. The molecule has 0 bridgehead atoms. The van der Waals surface area contributed by atoms with Gasteiger partial charge >= 0.3 is 0 Å². The molecular formula is C13H16FN3O. The molecular weight excluding hydrogens is 233 g/mol. The largest absolute Gasteiger partial charge is 0.381 e. The predicted molar refractivity (Wildman–Crippen MR) is 68.1 cm³/mol. The van der Waals surface area contributed by atoms with Gasteiger partial charge in [0, 0.05) is 18.2 Å². The molecule has 2 aliphatic rings. The molecule has 2 unspecified atom stereocenters. The Bertz CT molecular complexity index is 471. The van der Waals surface area contributed by atoms with Crippen LogP contribution in [0.1, 0.15) is 6.42 Å². The minimum Gasteiger partial charge on any atom is -0.381 e. The highest BCUT2D eigenvalue weighted by molar-refractivity contribution is 5.97. The number of rotatable bonds is 2. The number of ether oxygens (including phenoxy) is 1. The Hall–Kier alpha value is -1.62. The van der Waals surface area contributed by atoms with Crippen molar-refractivity contribution in [2.45, 2.75) is 12.5 Å². The number of halogens is 1. The third-order valence-electron chi connectivity index (χ3n) is 3.61. The summed E-state index contributed by atoms with van der Waals surface area (Å²) in [6.45, 7) is 2.19. The summed E-state index contributed by atoms with van der Waals surface area (Å²) >= 11 is 0. The number of hydrogen-bond donors (Lipinski definition) is 1. The smallest absolute Gasteiger partial charge is 0.196 e. The van der Waals surface area contributed by atoms with Crippen molar-refractivity contribution < 1.29 is 9.13 Å². The summed E-state index contributed by atoms with van der Waals surface area (Å²) in [6.07, 6.45) is 1.01. The minimum absolute atomic E-state index is 0.189. The van der Waals surface area contributed by atoms with Crippen LogP contribution in [0.5, 0.6) is 0 Å². The molecule has 0 spiro atoms. The first-order chi connectivity index (χ1) is 8.75. The van der Waals surface area contributed by atoms with Crippen molar-refractivity contribution >= 4 is 11.6 Å². The first kappa shape index (κ1) is 11.5. The highest BCUT2D eigenvalue weighted by Crippen LogP contribution is 2.29. The van der Waals surface area contributed by atoms with Crippen LogP contribution < -0.4 is 10.6 Å². The number of aliphatic imine (C=N–C) groups is 1. The Kier molecular flexibility index (Phi) is 2.91. The van der Waals surface area contributed by atoms with Gasteiger partial charge in [-0.15, -0.1) is 0 Å². The van der Waals surface area contributed by atoms with E-state index in [0.717, 1.165) is 25.3 Å². The lowest BCUT2D eigenvalue weighted by Gasteiger charge is -2.29. The third-order valence-corrected chi connectivity index (χ3v) is 3.61. The van der Waals surface area contributed by atoms with Crippen LogP contribution in [-0.2, 0) is 4.74 Å². The summed E-state index contributed by atoms with van der Waals surface area (Å²) in [5.74, 6) is 0.629. The predicted octanol–water partition coefficient (Wildman–Crippen LogP) is 1.37. The van der Waals surface area contributed by atoms with Crippen molar-refractivity contribution in [2.24, 2.45) is 16.6 Å². The number of anilines is 1. The topological polar surface area (TPSA) is 50.9 Å². The maximum Gasteiger partial charge on any atom is 0.196 e. The molecule has 0 radical (unpaired) electrons. The van der Waals surface area contributed by atoms with Gasteiger partial charge in [-0.25, -0.2) is 4.39 Å². The van der Waals surface area contributed by atoms with Crippen LogP contribution in [0.4, 0.5) is 10.1 Å². The lowest BCUT2D eigenvalue weighted by Crippen LogP contribution is -2.45. The molecule has 2 atom stereocenters. The fourth-order valence-corrected chi connectivity index (χ4v) is 2.68. The minimum atomic E-state index is -0.256. The molecule has 1 saturated heterocycles. The van der Waals surface area contributed by atoms with Gasteiger partial charge in [0.15, 0.2) is 5.96 Å². The van der Waals surface area contributed by atoms with Gasteiger partial charge in [-0.1, -0.05) is 6.07 Å². The lowest BCUT2D eigenvalue weighted by molar-refractivity contribution is 0.182. The second-order valence-corrected chi connectivity index (χ2v) is 4.74. The van der Waals surface area contributed by atoms with Crippen molar-refractivity contribution in [1.82, 2.24) is 0 Å². The van der Waals surface area contributed by atoms with E-state index in [1.54, 1.807) is 6.07 Å². The normalized spacial score (nSPS) is 27.6. The van der Waals surface area contributed by atoms with E-state index in [1.807, 2.05) is 11.0 Å². The van der Waals surface area contributed by atoms with Crippen LogP contribution in [0, 0.1) is 11.7 Å². The van der Waals surface area contributed by atoms with Gasteiger partial charge < -0.3 is 15.4 Å². The van der Waals surface area contributed by atoms with E-state index in [2.05, 4.69) is 4.99 Å². The molecule has 1 fully saturated rings. The first-order valence-corrected chi connectivity index (χ1v) is 6.18. The molecule has 1 aromatic rings. The maximum atomic E-state index is 13.3. The molecule has 0 aromatic heterocycles. The van der Waals surface area contributed by atoms with Crippen molar-refractivity contribution in [2.75, 3.05) is 24.7 Å². The van der Waals surface area contributed by atoms with E-state index in [9.17, 15) is 4.39 Å². The van der Waals surface area contributed by atoms with E-state index < -0.39 is 0 Å². The maximum absolute atomic E-state index is 13.3. The van der Waals surface area contributed by atoms with Crippen LogP contribution >= 0.6 is 0 Å². The van der Waals surface area contributed by atoms with Crippen molar-refractivity contribution in [3.8, 4) is 0 Å². The summed E-state index contributed by atoms with van der Waals surface area (Å²) in [7, 11) is 0. The molecule has 0 amide bonds. The third kappa shape index (κ3) is 1.95. The number of guanidine groups is 1. The van der Waals surface area contributed by atoms with Crippen LogP contribution in [0.25, 0.3) is 0 Å². The van der Waals surface area contributed by atoms with Crippen LogP contribution in [0.3, 0.4) is 0 Å². The lowest BCUT2D eigenvalue weighted by atomic mass is 9.98. The van der Waals surface area contributed by atoms with Gasteiger partial charge in [-0.3, -0.25) is 4.99 Å². The Balaban J connectivity index is 1.89. The average Bonchev–Trinajstić information content (AvgIpc) is 2.97. The van der Waals surface area contributed by atoms with Gasteiger partial charge in [0.25, 0.3) is 0 Å². The van der Waals surface area contributed by atoms with Gasteiger partial charge in [0.05, 0.1) is 19.2 Å². The zero-order chi connectivity index (χ0) is 12.5. The van der Waals surface area contributed by atoms with Gasteiger partial charge in [0.2, 0.25) is 0 Å². The zero-order valence-corrected chi connectivity index (χ0v) is 10.1. The summed E-state index contributed by atoms with van der Waals surface area (Å²) < 4.78 is 18.7. The van der Waals surface area contributed by atoms with E-state index in [4.69, 9.17) is 10.5 Å². The van der Waals surface area contributed by atoms with Crippen molar-refractivity contribution in [3.05, 3.63) is 30.1 Å². The molecule has 2 N–H and O–H groups in total.